The predicted molar refractivity (Wildman–Crippen MR) is 65.4 cm³/mol. The van der Waals surface area contributed by atoms with Crippen molar-refractivity contribution in [1.29, 1.82) is 0 Å². The molecule has 0 saturated heterocycles. The topological polar surface area (TPSA) is 54.8 Å². The third-order valence-electron chi connectivity index (χ3n) is 2.53. The monoisotopic (exact) mass is 225 g/mol. The molecule has 0 saturated carbocycles. The summed E-state index contributed by atoms with van der Waals surface area (Å²) < 4.78 is 1.87. The molecule has 16 heavy (non-hydrogen) atoms. The zero-order valence-corrected chi connectivity index (χ0v) is 10.5. The van der Waals surface area contributed by atoms with Crippen molar-refractivity contribution in [3.8, 4) is 0 Å². The molecule has 0 amide bonds. The predicted octanol–water partition coefficient (Wildman–Crippen LogP) is 0.817. The maximum absolute atomic E-state index is 4.12. The van der Waals surface area contributed by atoms with Crippen molar-refractivity contribution in [1.82, 2.24) is 25.4 Å². The van der Waals surface area contributed by atoms with Gasteiger partial charge >= 0.3 is 0 Å². The largest absolute Gasteiger partial charge is 0.315 e. The Morgan fingerprint density at radius 2 is 2.12 bits per heavy atom. The van der Waals surface area contributed by atoms with Crippen molar-refractivity contribution in [2.45, 2.75) is 39.3 Å². The molecule has 0 aliphatic rings. The molecule has 0 spiro atoms. The highest BCUT2D eigenvalue weighted by Gasteiger charge is 2.06. The molecule has 1 aromatic rings. The Balaban J connectivity index is 2.14. The van der Waals surface area contributed by atoms with Gasteiger partial charge in [0.25, 0.3) is 0 Å². The average Bonchev–Trinajstić information content (AvgIpc) is 2.79. The molecule has 1 rings (SSSR count). The maximum atomic E-state index is 4.12. The van der Waals surface area contributed by atoms with E-state index in [0.29, 0.717) is 12.1 Å². The molecule has 2 atom stereocenters. The Kier molecular flexibility index (Phi) is 6.03. The standard InChI is InChI=1S/C11H23N5/c1-4-5-12-6-10(2)14-7-11(3)16-9-13-8-15-16/h8-12,14H,4-7H2,1-3H3. The highest BCUT2D eigenvalue weighted by Crippen LogP contribution is 1.99. The summed E-state index contributed by atoms with van der Waals surface area (Å²) in [5.74, 6) is 0. The van der Waals surface area contributed by atoms with E-state index in [1.165, 1.54) is 6.42 Å². The molecular formula is C11H23N5. The molecule has 0 aliphatic carbocycles. The van der Waals surface area contributed by atoms with Gasteiger partial charge in [-0.25, -0.2) is 9.67 Å². The van der Waals surface area contributed by atoms with Crippen LogP contribution in [0.2, 0.25) is 0 Å². The smallest absolute Gasteiger partial charge is 0.137 e. The SMILES string of the molecule is CCCNCC(C)NCC(C)n1cncn1. The number of hydrogen-bond acceptors (Lipinski definition) is 4. The lowest BCUT2D eigenvalue weighted by Crippen LogP contribution is -2.39. The molecule has 0 aromatic carbocycles. The molecule has 0 bridgehead atoms. The fourth-order valence-corrected chi connectivity index (χ4v) is 1.48. The van der Waals surface area contributed by atoms with E-state index in [4.69, 9.17) is 0 Å². The molecule has 5 nitrogen and oxygen atoms in total. The summed E-state index contributed by atoms with van der Waals surface area (Å²) in [7, 11) is 0. The van der Waals surface area contributed by atoms with Crippen LogP contribution in [0.5, 0.6) is 0 Å². The Hall–Kier alpha value is -0.940. The molecular weight excluding hydrogens is 202 g/mol. The number of aromatic nitrogens is 3. The summed E-state index contributed by atoms with van der Waals surface area (Å²) in [6, 6.07) is 0.827. The van der Waals surface area contributed by atoms with E-state index in [1.54, 1.807) is 12.7 Å². The number of nitrogens with one attached hydrogen (secondary N) is 2. The molecule has 0 fully saturated rings. The summed E-state index contributed by atoms with van der Waals surface area (Å²) in [5, 5.41) is 11.0. The van der Waals surface area contributed by atoms with Crippen molar-refractivity contribution in [2.24, 2.45) is 0 Å². The fraction of sp³-hybridized carbons (Fsp3) is 0.818. The van der Waals surface area contributed by atoms with Crippen LogP contribution in [0.1, 0.15) is 33.2 Å². The Bertz CT molecular complexity index is 259. The van der Waals surface area contributed by atoms with Gasteiger partial charge in [0.2, 0.25) is 0 Å². The number of nitrogens with zero attached hydrogens (tertiary/aromatic N) is 3. The minimum absolute atomic E-state index is 0.344. The van der Waals surface area contributed by atoms with Crippen molar-refractivity contribution in [3.05, 3.63) is 12.7 Å². The van der Waals surface area contributed by atoms with Crippen LogP contribution in [-0.2, 0) is 0 Å². The highest BCUT2D eigenvalue weighted by molar-refractivity contribution is 4.70. The zero-order valence-electron chi connectivity index (χ0n) is 10.5. The van der Waals surface area contributed by atoms with Crippen molar-refractivity contribution < 1.29 is 0 Å². The molecule has 0 radical (unpaired) electrons. The van der Waals surface area contributed by atoms with E-state index in [2.05, 4.69) is 41.5 Å². The van der Waals surface area contributed by atoms with Crippen LogP contribution >= 0.6 is 0 Å². The van der Waals surface area contributed by atoms with Gasteiger partial charge in [0.1, 0.15) is 12.7 Å². The van der Waals surface area contributed by atoms with Crippen LogP contribution in [0, 0.1) is 0 Å². The Labute approximate surface area is 97.6 Å². The van der Waals surface area contributed by atoms with E-state index in [1.807, 2.05) is 4.68 Å². The van der Waals surface area contributed by atoms with Crippen LogP contribution in [0.15, 0.2) is 12.7 Å². The average molecular weight is 225 g/mol. The third-order valence-corrected chi connectivity index (χ3v) is 2.53. The van der Waals surface area contributed by atoms with Crippen LogP contribution in [0.4, 0.5) is 0 Å². The lowest BCUT2D eigenvalue weighted by molar-refractivity contribution is 0.413. The molecule has 0 aliphatic heterocycles. The van der Waals surface area contributed by atoms with E-state index in [9.17, 15) is 0 Å². The minimum atomic E-state index is 0.344. The second-order valence-corrected chi connectivity index (χ2v) is 4.24. The molecule has 1 aromatic heterocycles. The highest BCUT2D eigenvalue weighted by atomic mass is 15.3. The normalized spacial score (nSPS) is 14.9. The van der Waals surface area contributed by atoms with Gasteiger partial charge in [-0.15, -0.1) is 0 Å². The summed E-state index contributed by atoms with van der Waals surface area (Å²) in [5.41, 5.74) is 0. The second kappa shape index (κ2) is 7.35. The van der Waals surface area contributed by atoms with Crippen molar-refractivity contribution >= 4 is 0 Å². The van der Waals surface area contributed by atoms with Crippen LogP contribution in [-0.4, -0.2) is 40.4 Å². The first-order valence-corrected chi connectivity index (χ1v) is 6.02. The van der Waals surface area contributed by atoms with Gasteiger partial charge < -0.3 is 10.6 Å². The first kappa shape index (κ1) is 13.1. The molecule has 5 heteroatoms. The first-order chi connectivity index (χ1) is 7.74. The summed E-state index contributed by atoms with van der Waals surface area (Å²) in [6.07, 6.45) is 4.51. The zero-order chi connectivity index (χ0) is 11.8. The first-order valence-electron chi connectivity index (χ1n) is 6.02. The minimum Gasteiger partial charge on any atom is -0.315 e. The lowest BCUT2D eigenvalue weighted by Gasteiger charge is -2.18. The van der Waals surface area contributed by atoms with Gasteiger partial charge in [0.05, 0.1) is 6.04 Å². The van der Waals surface area contributed by atoms with Gasteiger partial charge in [-0.05, 0) is 26.8 Å². The van der Waals surface area contributed by atoms with Crippen molar-refractivity contribution in [2.75, 3.05) is 19.6 Å². The van der Waals surface area contributed by atoms with Crippen LogP contribution in [0.3, 0.4) is 0 Å². The van der Waals surface area contributed by atoms with E-state index in [-0.39, 0.29) is 0 Å². The third kappa shape index (κ3) is 4.72. The van der Waals surface area contributed by atoms with Crippen LogP contribution in [0.25, 0.3) is 0 Å². The van der Waals surface area contributed by atoms with Crippen molar-refractivity contribution in [3.63, 3.8) is 0 Å². The van der Waals surface area contributed by atoms with Crippen LogP contribution < -0.4 is 10.6 Å². The van der Waals surface area contributed by atoms with E-state index in [0.717, 1.165) is 19.6 Å². The van der Waals surface area contributed by atoms with Gasteiger partial charge in [-0.2, -0.15) is 5.10 Å². The van der Waals surface area contributed by atoms with E-state index < -0.39 is 0 Å². The van der Waals surface area contributed by atoms with Gasteiger partial charge in [0.15, 0.2) is 0 Å². The number of rotatable bonds is 8. The van der Waals surface area contributed by atoms with E-state index >= 15 is 0 Å². The summed E-state index contributed by atoms with van der Waals surface area (Å²) in [4.78, 5) is 3.94. The molecule has 2 unspecified atom stereocenters. The van der Waals surface area contributed by atoms with Gasteiger partial charge in [-0.1, -0.05) is 6.92 Å². The summed E-state index contributed by atoms with van der Waals surface area (Å²) >= 11 is 0. The molecule has 92 valence electrons. The summed E-state index contributed by atoms with van der Waals surface area (Å²) in [6.45, 7) is 9.52. The molecule has 2 N–H and O–H groups in total. The maximum Gasteiger partial charge on any atom is 0.137 e. The Morgan fingerprint density at radius 3 is 2.75 bits per heavy atom. The number of hydrogen-bond donors (Lipinski definition) is 2. The second-order valence-electron chi connectivity index (χ2n) is 4.24. The van der Waals surface area contributed by atoms with Gasteiger partial charge in [0, 0.05) is 19.1 Å². The Morgan fingerprint density at radius 1 is 1.31 bits per heavy atom. The molecule has 1 heterocycles. The quantitative estimate of drug-likeness (QED) is 0.643. The van der Waals surface area contributed by atoms with Gasteiger partial charge in [-0.3, -0.25) is 0 Å². The fourth-order valence-electron chi connectivity index (χ4n) is 1.48. The lowest BCUT2D eigenvalue weighted by atomic mass is 10.3.